The van der Waals surface area contributed by atoms with Crippen LogP contribution in [0.3, 0.4) is 0 Å². The third-order valence-electron chi connectivity index (χ3n) is 1.50. The van der Waals surface area contributed by atoms with Gasteiger partial charge in [-0.25, -0.2) is 14.8 Å². The Bertz CT molecular complexity index is 368. The lowest BCUT2D eigenvalue weighted by atomic mass is 10.1. The number of carbonyl (C=O) groups excluding carboxylic acids is 1. The minimum absolute atomic E-state index is 0.278. The largest absolute Gasteiger partial charge is 0.478 e. The second-order valence-electron chi connectivity index (χ2n) is 2.59. The highest BCUT2D eigenvalue weighted by molar-refractivity contribution is 6.19. The zero-order valence-electron chi connectivity index (χ0n) is 7.47. The van der Waals surface area contributed by atoms with Crippen LogP contribution in [0.4, 0.5) is 0 Å². The Morgan fingerprint density at radius 1 is 1.36 bits per heavy atom. The average molecular weight is 192 g/mol. The summed E-state index contributed by atoms with van der Waals surface area (Å²) in [5, 5.41) is 8.68. The van der Waals surface area contributed by atoms with Crippen LogP contribution in [0, 0.1) is 0 Å². The van der Waals surface area contributed by atoms with Gasteiger partial charge >= 0.3 is 5.97 Å². The van der Waals surface area contributed by atoms with Crippen molar-refractivity contribution in [1.82, 2.24) is 9.97 Å². The first-order chi connectivity index (χ1) is 6.61. The van der Waals surface area contributed by atoms with Gasteiger partial charge in [-0.05, 0) is 13.0 Å². The van der Waals surface area contributed by atoms with Gasteiger partial charge in [-0.1, -0.05) is 0 Å². The molecule has 0 bridgehead atoms. The van der Waals surface area contributed by atoms with Crippen LogP contribution in [0.5, 0.6) is 0 Å². The van der Waals surface area contributed by atoms with E-state index in [0.29, 0.717) is 5.56 Å². The third kappa shape index (κ3) is 2.48. The molecule has 0 unspecified atom stereocenters. The number of rotatable bonds is 3. The number of carboxylic acids is 1. The molecule has 0 spiro atoms. The molecule has 1 heterocycles. The number of ketones is 1. The van der Waals surface area contributed by atoms with Gasteiger partial charge in [-0.15, -0.1) is 0 Å². The molecule has 0 saturated carbocycles. The second kappa shape index (κ2) is 4.27. The van der Waals surface area contributed by atoms with E-state index in [1.54, 1.807) is 0 Å². The normalized spacial score (nSPS) is 11.1. The molecule has 72 valence electrons. The highest BCUT2D eigenvalue weighted by Gasteiger charge is 2.12. The SMILES string of the molecule is CC(=O)C(=Cc1cncnc1)C(=O)O. The van der Waals surface area contributed by atoms with Gasteiger partial charge in [0.05, 0.1) is 0 Å². The lowest BCUT2D eigenvalue weighted by molar-refractivity contribution is -0.134. The zero-order chi connectivity index (χ0) is 10.6. The van der Waals surface area contributed by atoms with Gasteiger partial charge < -0.3 is 5.11 Å². The number of carboxylic acid groups (broad SMARTS) is 1. The first-order valence-corrected chi connectivity index (χ1v) is 3.82. The molecule has 5 nitrogen and oxygen atoms in total. The van der Waals surface area contributed by atoms with Gasteiger partial charge in [0, 0.05) is 18.0 Å². The summed E-state index contributed by atoms with van der Waals surface area (Å²) in [5.41, 5.74) is 0.208. The van der Waals surface area contributed by atoms with Gasteiger partial charge in [0.25, 0.3) is 0 Å². The minimum atomic E-state index is -1.25. The zero-order valence-corrected chi connectivity index (χ0v) is 7.47. The van der Waals surface area contributed by atoms with Gasteiger partial charge in [0.2, 0.25) is 0 Å². The van der Waals surface area contributed by atoms with Crippen molar-refractivity contribution >= 4 is 17.8 Å². The predicted molar refractivity (Wildman–Crippen MR) is 48.3 cm³/mol. The van der Waals surface area contributed by atoms with Gasteiger partial charge in [-0.3, -0.25) is 4.79 Å². The monoisotopic (exact) mass is 192 g/mol. The Hall–Kier alpha value is -2.04. The molecule has 0 aliphatic heterocycles. The molecule has 0 aromatic carbocycles. The van der Waals surface area contributed by atoms with Crippen LogP contribution in [0.2, 0.25) is 0 Å². The second-order valence-corrected chi connectivity index (χ2v) is 2.59. The number of Topliss-reactive ketones (excluding diaryl/α,β-unsaturated/α-hetero) is 1. The molecule has 0 amide bonds. The molecule has 0 radical (unpaired) electrons. The van der Waals surface area contributed by atoms with Gasteiger partial charge in [-0.2, -0.15) is 0 Å². The van der Waals surface area contributed by atoms with E-state index in [4.69, 9.17) is 5.11 Å². The summed E-state index contributed by atoms with van der Waals surface area (Å²) >= 11 is 0. The van der Waals surface area contributed by atoms with Crippen molar-refractivity contribution in [2.45, 2.75) is 6.92 Å². The summed E-state index contributed by atoms with van der Waals surface area (Å²) in [6.45, 7) is 1.20. The molecule has 0 aliphatic rings. The van der Waals surface area contributed by atoms with Gasteiger partial charge in [0.15, 0.2) is 5.78 Å². The van der Waals surface area contributed by atoms with Crippen molar-refractivity contribution < 1.29 is 14.7 Å². The topological polar surface area (TPSA) is 80.2 Å². The van der Waals surface area contributed by atoms with E-state index in [9.17, 15) is 9.59 Å². The third-order valence-corrected chi connectivity index (χ3v) is 1.50. The van der Waals surface area contributed by atoms with Crippen LogP contribution in [0.15, 0.2) is 24.3 Å². The number of carbonyl (C=O) groups is 2. The van der Waals surface area contributed by atoms with E-state index < -0.39 is 11.8 Å². The van der Waals surface area contributed by atoms with Crippen LogP contribution < -0.4 is 0 Å². The lowest BCUT2D eigenvalue weighted by Gasteiger charge is -1.96. The maximum Gasteiger partial charge on any atom is 0.339 e. The molecule has 1 N–H and O–H groups in total. The van der Waals surface area contributed by atoms with Gasteiger partial charge in [0.1, 0.15) is 11.9 Å². The summed E-state index contributed by atoms with van der Waals surface area (Å²) in [4.78, 5) is 28.9. The number of hydrogen-bond donors (Lipinski definition) is 1. The van der Waals surface area contributed by atoms with Crippen LogP contribution in [0.25, 0.3) is 6.08 Å². The van der Waals surface area contributed by atoms with Crippen molar-refractivity contribution in [3.8, 4) is 0 Å². The number of aromatic nitrogens is 2. The highest BCUT2D eigenvalue weighted by Crippen LogP contribution is 2.05. The summed E-state index contributed by atoms with van der Waals surface area (Å²) < 4.78 is 0. The molecule has 0 fully saturated rings. The molecule has 14 heavy (non-hydrogen) atoms. The number of hydrogen-bond acceptors (Lipinski definition) is 4. The van der Waals surface area contributed by atoms with E-state index >= 15 is 0 Å². The highest BCUT2D eigenvalue weighted by atomic mass is 16.4. The van der Waals surface area contributed by atoms with Crippen molar-refractivity contribution in [2.75, 3.05) is 0 Å². The fourth-order valence-electron chi connectivity index (χ4n) is 0.866. The standard InChI is InChI=1S/C9H8N2O3/c1-6(12)8(9(13)14)2-7-3-10-5-11-4-7/h2-5H,1H3,(H,13,14). The van der Waals surface area contributed by atoms with Crippen LogP contribution in [-0.2, 0) is 9.59 Å². The Balaban J connectivity index is 3.06. The van der Waals surface area contributed by atoms with E-state index in [2.05, 4.69) is 9.97 Å². The van der Waals surface area contributed by atoms with E-state index in [-0.39, 0.29) is 5.57 Å². The number of aliphatic carboxylic acids is 1. The maximum absolute atomic E-state index is 10.9. The summed E-state index contributed by atoms with van der Waals surface area (Å²) in [6.07, 6.45) is 5.42. The summed E-state index contributed by atoms with van der Waals surface area (Å²) in [7, 11) is 0. The predicted octanol–water partition coefficient (Wildman–Crippen LogP) is 0.534. The van der Waals surface area contributed by atoms with E-state index in [1.807, 2.05) is 0 Å². The van der Waals surface area contributed by atoms with Crippen LogP contribution in [-0.4, -0.2) is 26.8 Å². The van der Waals surface area contributed by atoms with Crippen molar-refractivity contribution in [1.29, 1.82) is 0 Å². The summed E-state index contributed by atoms with van der Waals surface area (Å²) in [6, 6.07) is 0. The average Bonchev–Trinajstić information content (AvgIpc) is 2.15. The lowest BCUT2D eigenvalue weighted by Crippen LogP contribution is -2.08. The molecule has 5 heteroatoms. The molecular formula is C9H8N2O3. The van der Waals surface area contributed by atoms with Crippen LogP contribution in [0.1, 0.15) is 12.5 Å². The molecule has 1 rings (SSSR count). The molecule has 1 aromatic heterocycles. The van der Waals surface area contributed by atoms with E-state index in [0.717, 1.165) is 0 Å². The molecule has 0 aliphatic carbocycles. The Labute approximate surface area is 80.1 Å². The van der Waals surface area contributed by atoms with Crippen molar-refractivity contribution in [3.05, 3.63) is 29.9 Å². The summed E-state index contributed by atoms with van der Waals surface area (Å²) in [5.74, 6) is -1.75. The first-order valence-electron chi connectivity index (χ1n) is 3.82. The Morgan fingerprint density at radius 3 is 2.36 bits per heavy atom. The fourth-order valence-corrected chi connectivity index (χ4v) is 0.866. The number of nitrogens with zero attached hydrogens (tertiary/aromatic N) is 2. The maximum atomic E-state index is 10.9. The minimum Gasteiger partial charge on any atom is -0.478 e. The Kier molecular flexibility index (Phi) is 3.06. The molecular weight excluding hydrogens is 184 g/mol. The fraction of sp³-hybridized carbons (Fsp3) is 0.111. The van der Waals surface area contributed by atoms with E-state index in [1.165, 1.54) is 31.7 Å². The smallest absolute Gasteiger partial charge is 0.339 e. The van der Waals surface area contributed by atoms with Crippen LogP contribution >= 0.6 is 0 Å². The first kappa shape index (κ1) is 10.0. The molecule has 0 atom stereocenters. The quantitative estimate of drug-likeness (QED) is 0.429. The molecule has 1 aromatic rings. The van der Waals surface area contributed by atoms with Crippen molar-refractivity contribution in [3.63, 3.8) is 0 Å². The van der Waals surface area contributed by atoms with Crippen molar-refractivity contribution in [2.24, 2.45) is 0 Å². The Morgan fingerprint density at radius 2 is 1.93 bits per heavy atom. The molecule has 0 saturated heterocycles.